The van der Waals surface area contributed by atoms with Crippen LogP contribution in [0.2, 0.25) is 5.02 Å². The fourth-order valence-corrected chi connectivity index (χ4v) is 4.28. The smallest absolute Gasteiger partial charge is 0.350 e. The van der Waals surface area contributed by atoms with Gasteiger partial charge in [0, 0.05) is 49.7 Å². The Balaban J connectivity index is 1.30. The number of carbonyl (C=O) groups is 1. The molecular formula is C23H19ClF5N7O. The van der Waals surface area contributed by atoms with Crippen molar-refractivity contribution in [1.29, 1.82) is 0 Å². The minimum atomic E-state index is -4.86. The van der Waals surface area contributed by atoms with E-state index >= 15 is 0 Å². The van der Waals surface area contributed by atoms with Crippen LogP contribution in [0.25, 0.3) is 11.0 Å². The molecular weight excluding hydrogens is 521 g/mol. The maximum Gasteiger partial charge on any atom is 0.435 e. The average Bonchev–Trinajstić information content (AvgIpc) is 3.55. The number of rotatable bonds is 6. The van der Waals surface area contributed by atoms with E-state index in [1.54, 1.807) is 18.3 Å². The summed E-state index contributed by atoms with van der Waals surface area (Å²) in [6.45, 7) is -0.457. The van der Waals surface area contributed by atoms with Crippen LogP contribution in [0.15, 0.2) is 43.0 Å². The molecule has 194 valence electrons. The Hall–Kier alpha value is -3.74. The van der Waals surface area contributed by atoms with Gasteiger partial charge < -0.3 is 15.2 Å². The van der Waals surface area contributed by atoms with Crippen LogP contribution in [0, 0.1) is 0 Å². The molecule has 0 aromatic carbocycles. The van der Waals surface area contributed by atoms with Crippen molar-refractivity contribution in [3.63, 3.8) is 0 Å². The second kappa shape index (κ2) is 9.29. The van der Waals surface area contributed by atoms with Crippen LogP contribution in [0.5, 0.6) is 0 Å². The van der Waals surface area contributed by atoms with Crippen LogP contribution >= 0.6 is 11.6 Å². The average molecular weight is 540 g/mol. The molecule has 0 unspecified atom stereocenters. The molecule has 37 heavy (non-hydrogen) atoms. The molecule has 8 nitrogen and oxygen atoms in total. The van der Waals surface area contributed by atoms with Crippen molar-refractivity contribution in [3.05, 3.63) is 70.4 Å². The summed E-state index contributed by atoms with van der Waals surface area (Å²) in [5.41, 5.74) is -0.381. The minimum absolute atomic E-state index is 0.0767. The second-order valence-electron chi connectivity index (χ2n) is 8.70. The summed E-state index contributed by atoms with van der Waals surface area (Å²) in [4.78, 5) is 25.3. The van der Waals surface area contributed by atoms with E-state index in [-0.39, 0.29) is 26.1 Å². The Morgan fingerprint density at radius 3 is 2.65 bits per heavy atom. The lowest BCUT2D eigenvalue weighted by Crippen LogP contribution is -2.25. The summed E-state index contributed by atoms with van der Waals surface area (Å²) in [6, 6.07) is 4.78. The topological polar surface area (TPSA) is 91.7 Å². The molecule has 2 N–H and O–H groups in total. The van der Waals surface area contributed by atoms with Gasteiger partial charge in [-0.15, -0.1) is 0 Å². The van der Waals surface area contributed by atoms with Crippen LogP contribution in [0.1, 0.15) is 33.6 Å². The highest BCUT2D eigenvalue weighted by molar-refractivity contribution is 6.35. The molecule has 4 aromatic heterocycles. The van der Waals surface area contributed by atoms with Gasteiger partial charge in [0.2, 0.25) is 0 Å². The molecule has 1 aliphatic heterocycles. The highest BCUT2D eigenvalue weighted by Crippen LogP contribution is 2.32. The van der Waals surface area contributed by atoms with E-state index in [0.717, 1.165) is 10.9 Å². The van der Waals surface area contributed by atoms with Gasteiger partial charge in [0.25, 0.3) is 11.8 Å². The van der Waals surface area contributed by atoms with Crippen molar-refractivity contribution in [2.75, 3.05) is 18.0 Å². The number of aromatic amines is 1. The van der Waals surface area contributed by atoms with Crippen molar-refractivity contribution in [2.24, 2.45) is 0 Å². The number of halogens is 6. The monoisotopic (exact) mass is 539 g/mol. The quantitative estimate of drug-likeness (QED) is 0.348. The number of aromatic nitrogens is 5. The number of nitrogens with zero attached hydrogens (tertiary/aromatic N) is 5. The van der Waals surface area contributed by atoms with Crippen molar-refractivity contribution < 1.29 is 26.7 Å². The highest BCUT2D eigenvalue weighted by atomic mass is 35.5. The fraction of sp³-hybridized carbons (Fsp3) is 0.304. The molecule has 0 spiro atoms. The first-order valence-electron chi connectivity index (χ1n) is 11.1. The lowest BCUT2D eigenvalue weighted by Gasteiger charge is -2.17. The molecule has 5 rings (SSSR count). The highest BCUT2D eigenvalue weighted by Gasteiger charge is 2.40. The van der Waals surface area contributed by atoms with Crippen molar-refractivity contribution in [2.45, 2.75) is 31.6 Å². The molecule has 1 saturated heterocycles. The summed E-state index contributed by atoms with van der Waals surface area (Å²) in [6.07, 6.45) is 0.302. The zero-order valence-electron chi connectivity index (χ0n) is 19.0. The molecule has 4 aromatic rings. The van der Waals surface area contributed by atoms with Gasteiger partial charge in [-0.1, -0.05) is 17.7 Å². The van der Waals surface area contributed by atoms with Gasteiger partial charge in [0.15, 0.2) is 5.69 Å². The number of fused-ring (bicyclic) bond motifs is 1. The number of nitrogens with one attached hydrogen (secondary N) is 2. The van der Waals surface area contributed by atoms with Gasteiger partial charge in [-0.05, 0) is 23.3 Å². The SMILES string of the molecule is O=C(NCc1cnc2[nH]cc(Cl)c2c1)c1cn(Cc2ccc(N3CCC(F)(F)C3)nc2)nc1C(F)(F)F. The number of anilines is 1. The van der Waals surface area contributed by atoms with E-state index in [9.17, 15) is 26.7 Å². The number of pyridine rings is 2. The molecule has 1 amide bonds. The Bertz CT molecular complexity index is 1450. The number of alkyl halides is 5. The van der Waals surface area contributed by atoms with Gasteiger partial charge in [0.1, 0.15) is 11.5 Å². The molecule has 14 heteroatoms. The number of hydrogen-bond acceptors (Lipinski definition) is 5. The molecule has 0 radical (unpaired) electrons. The normalized spacial score (nSPS) is 15.5. The Kier molecular flexibility index (Phi) is 6.26. The van der Waals surface area contributed by atoms with E-state index in [2.05, 4.69) is 25.4 Å². The third kappa shape index (κ3) is 5.36. The summed E-state index contributed by atoms with van der Waals surface area (Å²) in [7, 11) is 0. The van der Waals surface area contributed by atoms with Gasteiger partial charge >= 0.3 is 6.18 Å². The van der Waals surface area contributed by atoms with E-state index in [1.165, 1.54) is 23.4 Å². The maximum absolute atomic E-state index is 13.6. The first kappa shape index (κ1) is 24.9. The number of H-pyrrole nitrogens is 1. The predicted octanol–water partition coefficient (Wildman–Crippen LogP) is 4.65. The summed E-state index contributed by atoms with van der Waals surface area (Å²) in [5, 5.41) is 7.09. The van der Waals surface area contributed by atoms with Crippen molar-refractivity contribution in [3.8, 4) is 0 Å². The summed E-state index contributed by atoms with van der Waals surface area (Å²) >= 11 is 6.06. The molecule has 0 bridgehead atoms. The standard InChI is InChI=1S/C23H19ClF5N7O/c24-17-9-32-20-15(17)5-14(7-31-20)8-33-21(37)16-11-36(34-19(16)23(27,28)29)10-13-1-2-18(30-6-13)35-4-3-22(25,26)12-35/h1-2,5-7,9,11H,3-4,8,10,12H2,(H,31,32)(H,33,37). The number of amides is 1. The van der Waals surface area contributed by atoms with Crippen LogP contribution in [-0.2, 0) is 19.3 Å². The van der Waals surface area contributed by atoms with E-state index in [4.69, 9.17) is 11.6 Å². The zero-order chi connectivity index (χ0) is 26.4. The Labute approximate surface area is 211 Å². The number of hydrogen-bond donors (Lipinski definition) is 2. The van der Waals surface area contributed by atoms with Crippen LogP contribution in [0.4, 0.5) is 27.8 Å². The van der Waals surface area contributed by atoms with Crippen LogP contribution in [0.3, 0.4) is 0 Å². The first-order valence-corrected chi connectivity index (χ1v) is 11.5. The molecule has 1 fully saturated rings. The number of carbonyl (C=O) groups excluding carboxylic acids is 1. The van der Waals surface area contributed by atoms with E-state index < -0.39 is 35.8 Å². The third-order valence-corrected chi connectivity index (χ3v) is 6.23. The third-order valence-electron chi connectivity index (χ3n) is 5.91. The molecule has 5 heterocycles. The molecule has 0 atom stereocenters. The largest absolute Gasteiger partial charge is 0.435 e. The lowest BCUT2D eigenvalue weighted by molar-refractivity contribution is -0.141. The minimum Gasteiger partial charge on any atom is -0.350 e. The van der Waals surface area contributed by atoms with Crippen molar-refractivity contribution in [1.82, 2.24) is 30.0 Å². The van der Waals surface area contributed by atoms with E-state index in [1.807, 2.05) is 0 Å². The predicted molar refractivity (Wildman–Crippen MR) is 125 cm³/mol. The zero-order valence-corrected chi connectivity index (χ0v) is 19.7. The second-order valence-corrected chi connectivity index (χ2v) is 9.11. The fourth-order valence-electron chi connectivity index (χ4n) is 4.08. The maximum atomic E-state index is 13.6. The van der Waals surface area contributed by atoms with Gasteiger partial charge in [-0.2, -0.15) is 18.3 Å². The van der Waals surface area contributed by atoms with Gasteiger partial charge in [0.05, 0.1) is 23.7 Å². The molecule has 1 aliphatic rings. The van der Waals surface area contributed by atoms with Crippen molar-refractivity contribution >= 4 is 34.4 Å². The van der Waals surface area contributed by atoms with Crippen LogP contribution < -0.4 is 10.2 Å². The molecule has 0 aliphatic carbocycles. The summed E-state index contributed by atoms with van der Waals surface area (Å²) in [5.74, 6) is -3.38. The van der Waals surface area contributed by atoms with E-state index in [0.29, 0.717) is 33.0 Å². The summed E-state index contributed by atoms with van der Waals surface area (Å²) < 4.78 is 68.8. The van der Waals surface area contributed by atoms with Crippen LogP contribution in [-0.4, -0.2) is 49.7 Å². The lowest BCUT2D eigenvalue weighted by atomic mass is 10.2. The Morgan fingerprint density at radius 2 is 1.97 bits per heavy atom. The first-order chi connectivity index (χ1) is 17.5. The Morgan fingerprint density at radius 1 is 1.19 bits per heavy atom. The molecule has 0 saturated carbocycles. The van der Waals surface area contributed by atoms with Gasteiger partial charge in [-0.3, -0.25) is 9.48 Å². The van der Waals surface area contributed by atoms with Gasteiger partial charge in [-0.25, -0.2) is 18.7 Å².